The summed E-state index contributed by atoms with van der Waals surface area (Å²) in [5.74, 6) is 0.393. The number of aliphatic carboxylic acids is 1. The van der Waals surface area contributed by atoms with Crippen LogP contribution in [0.4, 0.5) is 5.13 Å². The number of halogens is 1. The fourth-order valence-electron chi connectivity index (χ4n) is 1.88. The molecular formula is C14H15BrN2O4S. The molecule has 0 aliphatic heterocycles. The predicted molar refractivity (Wildman–Crippen MR) is 88.0 cm³/mol. The van der Waals surface area contributed by atoms with E-state index in [0.717, 1.165) is 10.0 Å². The van der Waals surface area contributed by atoms with Crippen molar-refractivity contribution >= 4 is 38.4 Å². The number of ether oxygens (including phenoxy) is 2. The summed E-state index contributed by atoms with van der Waals surface area (Å²) in [4.78, 5) is 14.9. The summed E-state index contributed by atoms with van der Waals surface area (Å²) in [6.07, 6.45) is -0.0694. The average Bonchev–Trinajstić information content (AvgIpc) is 2.91. The lowest BCUT2D eigenvalue weighted by molar-refractivity contribution is -0.136. The number of carboxylic acids is 1. The number of nitrogens with one attached hydrogen (secondary N) is 1. The van der Waals surface area contributed by atoms with Crippen LogP contribution in [-0.2, 0) is 17.8 Å². The van der Waals surface area contributed by atoms with Crippen molar-refractivity contribution in [3.8, 4) is 11.5 Å². The number of carboxylic acid groups (broad SMARTS) is 1. The van der Waals surface area contributed by atoms with E-state index in [1.54, 1.807) is 19.6 Å². The van der Waals surface area contributed by atoms with Crippen LogP contribution in [0.1, 0.15) is 11.3 Å². The van der Waals surface area contributed by atoms with Crippen LogP contribution >= 0.6 is 27.3 Å². The number of benzene rings is 1. The van der Waals surface area contributed by atoms with Crippen LogP contribution in [0.5, 0.6) is 11.5 Å². The Morgan fingerprint density at radius 1 is 1.41 bits per heavy atom. The molecule has 1 heterocycles. The molecule has 1 aromatic carbocycles. The maximum Gasteiger partial charge on any atom is 0.309 e. The molecule has 0 spiro atoms. The molecule has 0 unspecified atom stereocenters. The highest BCUT2D eigenvalue weighted by Gasteiger charge is 2.11. The Labute approximate surface area is 140 Å². The van der Waals surface area contributed by atoms with Crippen LogP contribution in [0.25, 0.3) is 0 Å². The first kappa shape index (κ1) is 16.6. The first-order chi connectivity index (χ1) is 10.5. The fourth-order valence-corrected chi connectivity index (χ4v) is 3.24. The summed E-state index contributed by atoms with van der Waals surface area (Å²) in [6.45, 7) is 0.541. The third-order valence-electron chi connectivity index (χ3n) is 2.82. The lowest BCUT2D eigenvalue weighted by Gasteiger charge is -2.12. The van der Waals surface area contributed by atoms with Gasteiger partial charge < -0.3 is 19.9 Å². The van der Waals surface area contributed by atoms with Gasteiger partial charge >= 0.3 is 5.97 Å². The van der Waals surface area contributed by atoms with Gasteiger partial charge in [0.2, 0.25) is 0 Å². The zero-order chi connectivity index (χ0) is 16.1. The molecule has 8 heteroatoms. The fraction of sp³-hybridized carbons (Fsp3) is 0.286. The molecule has 0 aliphatic rings. The number of nitrogens with zero attached hydrogens (tertiary/aromatic N) is 1. The summed E-state index contributed by atoms with van der Waals surface area (Å²) in [5.41, 5.74) is 1.54. The van der Waals surface area contributed by atoms with Crippen LogP contribution in [0, 0.1) is 0 Å². The lowest BCUT2D eigenvalue weighted by Crippen LogP contribution is -2.03. The summed E-state index contributed by atoms with van der Waals surface area (Å²) in [5, 5.41) is 14.3. The second-order valence-corrected chi connectivity index (χ2v) is 6.09. The Hall–Kier alpha value is -1.80. The summed E-state index contributed by atoms with van der Waals surface area (Å²) >= 11 is 4.82. The monoisotopic (exact) mass is 386 g/mol. The SMILES string of the molecule is COc1cc(CNc2nc(CC(=O)O)cs2)cc(Br)c1OC. The van der Waals surface area contributed by atoms with Gasteiger partial charge in [-0.15, -0.1) is 11.3 Å². The molecule has 0 aliphatic carbocycles. The van der Waals surface area contributed by atoms with E-state index in [1.165, 1.54) is 11.3 Å². The summed E-state index contributed by atoms with van der Waals surface area (Å²) in [6, 6.07) is 3.81. The molecule has 2 N–H and O–H groups in total. The predicted octanol–water partition coefficient (Wildman–Crippen LogP) is 3.16. The van der Waals surface area contributed by atoms with Crippen molar-refractivity contribution in [3.63, 3.8) is 0 Å². The number of thiazole rings is 1. The standard InChI is InChI=1S/C14H15BrN2O4S/c1-20-11-4-8(3-10(15)13(11)21-2)6-16-14-17-9(7-22-14)5-12(18)19/h3-4,7H,5-6H2,1-2H3,(H,16,17)(H,18,19). The Kier molecular flexibility index (Phi) is 5.62. The zero-order valence-electron chi connectivity index (χ0n) is 12.1. The molecular weight excluding hydrogens is 372 g/mol. The molecule has 2 aromatic rings. The lowest BCUT2D eigenvalue weighted by atomic mass is 10.2. The minimum absolute atomic E-state index is 0.0694. The molecule has 2 rings (SSSR count). The minimum atomic E-state index is -0.888. The summed E-state index contributed by atoms with van der Waals surface area (Å²) in [7, 11) is 3.17. The van der Waals surface area contributed by atoms with Crippen molar-refractivity contribution in [1.29, 1.82) is 0 Å². The second kappa shape index (κ2) is 7.46. The highest BCUT2D eigenvalue weighted by Crippen LogP contribution is 2.36. The first-order valence-electron chi connectivity index (χ1n) is 6.34. The van der Waals surface area contributed by atoms with Crippen LogP contribution in [0.15, 0.2) is 22.0 Å². The number of hydrogen-bond acceptors (Lipinski definition) is 6. The molecule has 0 atom stereocenters. The van der Waals surface area contributed by atoms with Crippen molar-refractivity contribution in [2.75, 3.05) is 19.5 Å². The van der Waals surface area contributed by atoms with E-state index in [-0.39, 0.29) is 6.42 Å². The van der Waals surface area contributed by atoms with Gasteiger partial charge in [-0.05, 0) is 33.6 Å². The molecule has 0 bridgehead atoms. The maximum absolute atomic E-state index is 10.6. The number of anilines is 1. The Morgan fingerprint density at radius 2 is 2.18 bits per heavy atom. The molecule has 0 radical (unpaired) electrons. The van der Waals surface area contributed by atoms with Crippen molar-refractivity contribution in [2.45, 2.75) is 13.0 Å². The van der Waals surface area contributed by atoms with Gasteiger partial charge in [0.25, 0.3) is 0 Å². The van der Waals surface area contributed by atoms with Gasteiger partial charge in [-0.3, -0.25) is 4.79 Å². The molecule has 6 nitrogen and oxygen atoms in total. The van der Waals surface area contributed by atoms with Gasteiger partial charge in [-0.25, -0.2) is 4.98 Å². The van der Waals surface area contributed by atoms with Crippen molar-refractivity contribution < 1.29 is 19.4 Å². The Morgan fingerprint density at radius 3 is 2.82 bits per heavy atom. The van der Waals surface area contributed by atoms with Gasteiger partial charge in [0, 0.05) is 11.9 Å². The van der Waals surface area contributed by atoms with E-state index in [4.69, 9.17) is 14.6 Å². The van der Waals surface area contributed by atoms with Crippen LogP contribution in [0.2, 0.25) is 0 Å². The molecule has 0 fully saturated rings. The van der Waals surface area contributed by atoms with Gasteiger partial charge in [-0.1, -0.05) is 0 Å². The van der Waals surface area contributed by atoms with Crippen molar-refractivity contribution in [2.24, 2.45) is 0 Å². The highest BCUT2D eigenvalue weighted by molar-refractivity contribution is 9.10. The van der Waals surface area contributed by atoms with Gasteiger partial charge in [0.15, 0.2) is 16.6 Å². The third-order valence-corrected chi connectivity index (χ3v) is 4.26. The maximum atomic E-state index is 10.6. The topological polar surface area (TPSA) is 80.7 Å². The van der Waals surface area contributed by atoms with Gasteiger partial charge in [0.05, 0.1) is 30.8 Å². The number of hydrogen-bond donors (Lipinski definition) is 2. The normalized spacial score (nSPS) is 10.3. The molecule has 0 saturated heterocycles. The molecule has 0 amide bonds. The number of rotatable bonds is 7. The van der Waals surface area contributed by atoms with Crippen molar-refractivity contribution in [1.82, 2.24) is 4.98 Å². The third kappa shape index (κ3) is 4.11. The largest absolute Gasteiger partial charge is 0.493 e. The smallest absolute Gasteiger partial charge is 0.309 e. The van der Waals surface area contributed by atoms with E-state index in [9.17, 15) is 4.79 Å². The quantitative estimate of drug-likeness (QED) is 0.760. The second-order valence-electron chi connectivity index (χ2n) is 4.38. The zero-order valence-corrected chi connectivity index (χ0v) is 14.5. The number of aromatic nitrogens is 1. The summed E-state index contributed by atoms with van der Waals surface area (Å²) < 4.78 is 11.4. The average molecular weight is 387 g/mol. The molecule has 22 heavy (non-hydrogen) atoms. The Bertz CT molecular complexity index is 675. The van der Waals surface area contributed by atoms with E-state index in [2.05, 4.69) is 26.2 Å². The minimum Gasteiger partial charge on any atom is -0.493 e. The number of methoxy groups -OCH3 is 2. The first-order valence-corrected chi connectivity index (χ1v) is 8.01. The molecule has 0 saturated carbocycles. The number of carbonyl (C=O) groups is 1. The van der Waals surface area contributed by atoms with E-state index in [0.29, 0.717) is 28.9 Å². The Balaban J connectivity index is 2.06. The van der Waals surface area contributed by atoms with Crippen LogP contribution in [-0.4, -0.2) is 30.3 Å². The van der Waals surface area contributed by atoms with Gasteiger partial charge in [-0.2, -0.15) is 0 Å². The van der Waals surface area contributed by atoms with E-state index in [1.807, 2.05) is 12.1 Å². The molecule has 1 aromatic heterocycles. The van der Waals surface area contributed by atoms with Crippen LogP contribution < -0.4 is 14.8 Å². The van der Waals surface area contributed by atoms with E-state index < -0.39 is 5.97 Å². The highest BCUT2D eigenvalue weighted by atomic mass is 79.9. The van der Waals surface area contributed by atoms with Gasteiger partial charge in [0.1, 0.15) is 0 Å². The van der Waals surface area contributed by atoms with E-state index >= 15 is 0 Å². The van der Waals surface area contributed by atoms with Crippen LogP contribution in [0.3, 0.4) is 0 Å². The van der Waals surface area contributed by atoms with Crippen molar-refractivity contribution in [3.05, 3.63) is 33.2 Å². The molecule has 118 valence electrons.